The minimum atomic E-state index is -0.905. The highest BCUT2D eigenvalue weighted by atomic mass is 19.1. The van der Waals surface area contributed by atoms with Crippen LogP contribution < -0.4 is 0 Å². The van der Waals surface area contributed by atoms with Crippen molar-refractivity contribution in [3.63, 3.8) is 0 Å². The van der Waals surface area contributed by atoms with E-state index in [1.807, 2.05) is 12.1 Å². The zero-order valence-electron chi connectivity index (χ0n) is 15.2. The topological polar surface area (TPSA) is 77.5 Å². The van der Waals surface area contributed by atoms with Gasteiger partial charge in [-0.1, -0.05) is 30.3 Å². The van der Waals surface area contributed by atoms with E-state index in [1.54, 1.807) is 42.6 Å². The van der Waals surface area contributed by atoms with E-state index in [0.29, 0.717) is 22.4 Å². The van der Waals surface area contributed by atoms with E-state index in [2.05, 4.69) is 4.98 Å². The van der Waals surface area contributed by atoms with E-state index in [0.717, 1.165) is 17.7 Å². The molecule has 0 aliphatic heterocycles. The molecule has 30 heavy (non-hydrogen) atoms. The van der Waals surface area contributed by atoms with Gasteiger partial charge in [0.25, 0.3) is 0 Å². The molecule has 0 saturated heterocycles. The van der Waals surface area contributed by atoms with Crippen molar-refractivity contribution in [2.24, 2.45) is 0 Å². The average Bonchev–Trinajstić information content (AvgIpc) is 3.25. The van der Waals surface area contributed by atoms with Crippen molar-refractivity contribution >= 4 is 16.9 Å². The molecule has 0 radical (unpaired) electrons. The Balaban J connectivity index is 2.01. The number of carbonyl (C=O) groups is 1. The van der Waals surface area contributed by atoms with Gasteiger partial charge in [-0.2, -0.15) is 10.5 Å². The van der Waals surface area contributed by atoms with E-state index >= 15 is 0 Å². The molecule has 2 aromatic carbocycles. The first-order chi connectivity index (χ1) is 14.6. The SMILES string of the molecule is N#CC(C#N)=C1/C(=C2\c3ccccc3-c3ncccc32)C(=O)c2c(F)ccc(F)c21. The summed E-state index contributed by atoms with van der Waals surface area (Å²) in [6.45, 7) is 0. The molecule has 6 heteroatoms. The normalized spacial score (nSPS) is 15.9. The predicted octanol–water partition coefficient (Wildman–Crippen LogP) is 4.84. The van der Waals surface area contributed by atoms with Gasteiger partial charge in [0.15, 0.2) is 5.78 Å². The van der Waals surface area contributed by atoms with E-state index < -0.39 is 28.6 Å². The molecule has 0 spiro atoms. The molecule has 3 aromatic rings. The third-order valence-corrected chi connectivity index (χ3v) is 5.31. The fourth-order valence-corrected chi connectivity index (χ4v) is 4.15. The van der Waals surface area contributed by atoms with Crippen molar-refractivity contribution in [3.05, 3.63) is 99.8 Å². The summed E-state index contributed by atoms with van der Waals surface area (Å²) in [5, 5.41) is 19.0. The summed E-state index contributed by atoms with van der Waals surface area (Å²) in [5.41, 5.74) is 1.52. The number of aromatic nitrogens is 1. The monoisotopic (exact) mass is 393 g/mol. The smallest absolute Gasteiger partial charge is 0.198 e. The number of ketones is 1. The van der Waals surface area contributed by atoms with Crippen LogP contribution in [-0.4, -0.2) is 10.8 Å². The Hall–Kier alpha value is -4.42. The Kier molecular flexibility index (Phi) is 3.71. The van der Waals surface area contributed by atoms with Crippen LogP contribution in [-0.2, 0) is 0 Å². The van der Waals surface area contributed by atoms with E-state index in [9.17, 15) is 24.1 Å². The van der Waals surface area contributed by atoms with Crippen LogP contribution in [0.15, 0.2) is 65.9 Å². The maximum Gasteiger partial charge on any atom is 0.198 e. The zero-order chi connectivity index (χ0) is 21.0. The molecule has 0 atom stereocenters. The minimum absolute atomic E-state index is 0.0636. The lowest BCUT2D eigenvalue weighted by Crippen LogP contribution is -2.02. The highest BCUT2D eigenvalue weighted by Gasteiger charge is 2.41. The van der Waals surface area contributed by atoms with Gasteiger partial charge in [-0.25, -0.2) is 8.78 Å². The molecule has 0 amide bonds. The minimum Gasteiger partial charge on any atom is -0.288 e. The van der Waals surface area contributed by atoms with Crippen LogP contribution in [0.5, 0.6) is 0 Å². The maximum absolute atomic E-state index is 14.8. The second kappa shape index (κ2) is 6.30. The summed E-state index contributed by atoms with van der Waals surface area (Å²) < 4.78 is 29.4. The lowest BCUT2D eigenvalue weighted by molar-refractivity contribution is 0.104. The maximum atomic E-state index is 14.8. The molecule has 1 aromatic heterocycles. The molecule has 5 rings (SSSR count). The van der Waals surface area contributed by atoms with Crippen LogP contribution >= 0.6 is 0 Å². The third-order valence-electron chi connectivity index (χ3n) is 5.31. The first kappa shape index (κ1) is 17.7. The number of halogens is 2. The van der Waals surface area contributed by atoms with E-state index in [4.69, 9.17) is 0 Å². The van der Waals surface area contributed by atoms with Crippen LogP contribution in [0, 0.1) is 34.3 Å². The molecule has 2 aliphatic carbocycles. The Labute approximate surface area is 169 Å². The van der Waals surface area contributed by atoms with E-state index in [-0.39, 0.29) is 16.7 Å². The number of hydrogen-bond donors (Lipinski definition) is 0. The van der Waals surface area contributed by atoms with Crippen LogP contribution in [0.1, 0.15) is 27.0 Å². The standard InChI is InChI=1S/C24H9F2N3O/c25-16-7-8-17(26)21-20(16)18(12(10-27)11-28)22(24(21)30)19-13-4-1-2-5-14(13)23-15(19)6-3-9-29-23/h1-9H/b22-19-. The molecular weight excluding hydrogens is 384 g/mol. The van der Waals surface area contributed by atoms with Crippen LogP contribution in [0.3, 0.4) is 0 Å². The second-order valence-electron chi connectivity index (χ2n) is 6.78. The summed E-state index contributed by atoms with van der Waals surface area (Å²) in [6, 6.07) is 15.9. The quantitative estimate of drug-likeness (QED) is 0.316. The molecule has 4 nitrogen and oxygen atoms in total. The number of hydrogen-bond acceptors (Lipinski definition) is 4. The average molecular weight is 393 g/mol. The lowest BCUT2D eigenvalue weighted by Gasteiger charge is -2.09. The first-order valence-electron chi connectivity index (χ1n) is 8.95. The van der Waals surface area contributed by atoms with Crippen molar-refractivity contribution in [3.8, 4) is 23.4 Å². The molecule has 0 saturated carbocycles. The van der Waals surface area contributed by atoms with E-state index in [1.165, 1.54) is 0 Å². The predicted molar refractivity (Wildman–Crippen MR) is 105 cm³/mol. The third kappa shape index (κ3) is 2.16. The number of pyridine rings is 1. The summed E-state index contributed by atoms with van der Waals surface area (Å²) in [6.07, 6.45) is 1.61. The van der Waals surface area contributed by atoms with Crippen molar-refractivity contribution in [1.29, 1.82) is 10.5 Å². The number of allylic oxidation sites excluding steroid dienone is 3. The van der Waals surface area contributed by atoms with Gasteiger partial charge in [-0.3, -0.25) is 9.78 Å². The number of nitriles is 2. The highest BCUT2D eigenvalue weighted by molar-refractivity contribution is 6.33. The Morgan fingerprint density at radius 2 is 1.43 bits per heavy atom. The number of fused-ring (bicyclic) bond motifs is 4. The number of Topliss-reactive ketones (excluding diaryl/α,β-unsaturated/α-hetero) is 1. The van der Waals surface area contributed by atoms with Gasteiger partial charge in [0.2, 0.25) is 0 Å². The van der Waals surface area contributed by atoms with Crippen LogP contribution in [0.25, 0.3) is 22.4 Å². The fraction of sp³-hybridized carbons (Fsp3) is 0. The van der Waals surface area contributed by atoms with Crippen LogP contribution in [0.4, 0.5) is 8.78 Å². The summed E-state index contributed by atoms with van der Waals surface area (Å²) in [4.78, 5) is 17.8. The largest absolute Gasteiger partial charge is 0.288 e. The lowest BCUT2D eigenvalue weighted by atomic mass is 9.91. The van der Waals surface area contributed by atoms with Crippen molar-refractivity contribution in [1.82, 2.24) is 4.98 Å². The molecule has 140 valence electrons. The summed E-state index contributed by atoms with van der Waals surface area (Å²) in [7, 11) is 0. The molecular formula is C24H9F2N3O. The Morgan fingerprint density at radius 3 is 2.13 bits per heavy atom. The Morgan fingerprint density at radius 1 is 0.800 bits per heavy atom. The van der Waals surface area contributed by atoms with Gasteiger partial charge in [-0.05, 0) is 23.8 Å². The summed E-state index contributed by atoms with van der Waals surface area (Å²) in [5.74, 6) is -2.54. The van der Waals surface area contributed by atoms with Crippen LogP contribution in [0.2, 0.25) is 0 Å². The van der Waals surface area contributed by atoms with Crippen molar-refractivity contribution in [2.75, 3.05) is 0 Å². The van der Waals surface area contributed by atoms with Gasteiger partial charge >= 0.3 is 0 Å². The molecule has 1 heterocycles. The van der Waals surface area contributed by atoms with Crippen molar-refractivity contribution < 1.29 is 13.6 Å². The zero-order valence-corrected chi connectivity index (χ0v) is 15.2. The summed E-state index contributed by atoms with van der Waals surface area (Å²) >= 11 is 0. The Bertz CT molecular complexity index is 1390. The van der Waals surface area contributed by atoms with Gasteiger partial charge in [0.05, 0.1) is 11.3 Å². The number of carbonyl (C=O) groups excluding carboxylic acids is 1. The molecule has 0 N–H and O–H groups in total. The van der Waals surface area contributed by atoms with Gasteiger partial charge < -0.3 is 0 Å². The number of benzene rings is 2. The number of rotatable bonds is 0. The first-order valence-corrected chi connectivity index (χ1v) is 8.95. The molecule has 0 unspecified atom stereocenters. The molecule has 2 aliphatic rings. The fourth-order valence-electron chi connectivity index (χ4n) is 4.15. The van der Waals surface area contributed by atoms with Gasteiger partial charge in [-0.15, -0.1) is 0 Å². The second-order valence-corrected chi connectivity index (χ2v) is 6.78. The van der Waals surface area contributed by atoms with Gasteiger partial charge in [0, 0.05) is 39.6 Å². The number of nitrogens with zero attached hydrogens (tertiary/aromatic N) is 3. The molecule has 0 bridgehead atoms. The highest BCUT2D eigenvalue weighted by Crippen LogP contribution is 2.51. The molecule has 0 fully saturated rings. The van der Waals surface area contributed by atoms with Gasteiger partial charge in [0.1, 0.15) is 29.3 Å². The van der Waals surface area contributed by atoms with Crippen molar-refractivity contribution in [2.45, 2.75) is 0 Å².